The van der Waals surface area contributed by atoms with Gasteiger partial charge in [-0.2, -0.15) is 0 Å². The number of nitrogens with zero attached hydrogens (tertiary/aromatic N) is 1. The van der Waals surface area contributed by atoms with Crippen molar-refractivity contribution < 1.29 is 0 Å². The SMILES string of the molecule is CCCNCc1cnc2ccsc2c1. The average Bonchev–Trinajstić information content (AvgIpc) is 2.65. The molecule has 0 aliphatic carbocycles. The average molecular weight is 206 g/mol. The highest BCUT2D eigenvalue weighted by Gasteiger charge is 1.98. The number of fused-ring (bicyclic) bond motifs is 1. The zero-order valence-electron chi connectivity index (χ0n) is 8.29. The van der Waals surface area contributed by atoms with Gasteiger partial charge >= 0.3 is 0 Å². The van der Waals surface area contributed by atoms with Crippen LogP contribution in [0.25, 0.3) is 10.2 Å². The van der Waals surface area contributed by atoms with Crippen LogP contribution in [0.3, 0.4) is 0 Å². The van der Waals surface area contributed by atoms with Crippen LogP contribution in [0.5, 0.6) is 0 Å². The van der Waals surface area contributed by atoms with Gasteiger partial charge in [-0.25, -0.2) is 0 Å². The molecule has 0 saturated heterocycles. The van der Waals surface area contributed by atoms with Crippen LogP contribution in [-0.4, -0.2) is 11.5 Å². The minimum Gasteiger partial charge on any atom is -0.313 e. The maximum Gasteiger partial charge on any atom is 0.0809 e. The molecule has 0 bridgehead atoms. The summed E-state index contributed by atoms with van der Waals surface area (Å²) in [5, 5.41) is 5.46. The van der Waals surface area contributed by atoms with E-state index in [1.54, 1.807) is 11.3 Å². The van der Waals surface area contributed by atoms with Gasteiger partial charge in [0, 0.05) is 12.7 Å². The van der Waals surface area contributed by atoms with Gasteiger partial charge < -0.3 is 5.32 Å². The molecule has 2 nitrogen and oxygen atoms in total. The largest absolute Gasteiger partial charge is 0.313 e. The van der Waals surface area contributed by atoms with Crippen molar-refractivity contribution in [3.63, 3.8) is 0 Å². The Hall–Kier alpha value is -0.930. The van der Waals surface area contributed by atoms with E-state index in [0.717, 1.165) is 18.6 Å². The summed E-state index contributed by atoms with van der Waals surface area (Å²) in [5.41, 5.74) is 2.38. The molecule has 0 unspecified atom stereocenters. The zero-order valence-corrected chi connectivity index (χ0v) is 9.10. The molecule has 0 spiro atoms. The molecular weight excluding hydrogens is 192 g/mol. The van der Waals surface area contributed by atoms with Crippen molar-refractivity contribution in [2.75, 3.05) is 6.54 Å². The number of aromatic nitrogens is 1. The molecule has 0 aliphatic rings. The first-order valence-electron chi connectivity index (χ1n) is 4.93. The highest BCUT2D eigenvalue weighted by Crippen LogP contribution is 2.19. The summed E-state index contributed by atoms with van der Waals surface area (Å²) in [6.07, 6.45) is 3.13. The summed E-state index contributed by atoms with van der Waals surface area (Å²) < 4.78 is 1.28. The second-order valence-corrected chi connectivity index (χ2v) is 4.27. The lowest BCUT2D eigenvalue weighted by molar-refractivity contribution is 0.675. The van der Waals surface area contributed by atoms with Crippen molar-refractivity contribution in [2.45, 2.75) is 19.9 Å². The van der Waals surface area contributed by atoms with Crippen LogP contribution in [0, 0.1) is 0 Å². The van der Waals surface area contributed by atoms with E-state index in [-0.39, 0.29) is 0 Å². The fourth-order valence-electron chi connectivity index (χ4n) is 1.39. The van der Waals surface area contributed by atoms with Gasteiger partial charge in [0.25, 0.3) is 0 Å². The minimum absolute atomic E-state index is 0.925. The molecule has 0 fully saturated rings. The van der Waals surface area contributed by atoms with Crippen LogP contribution in [-0.2, 0) is 6.54 Å². The van der Waals surface area contributed by atoms with Gasteiger partial charge in [-0.15, -0.1) is 11.3 Å². The molecule has 2 aromatic rings. The normalized spacial score (nSPS) is 10.9. The standard InChI is InChI=1S/C11H14N2S/c1-2-4-12-7-9-6-11-10(13-8-9)3-5-14-11/h3,5-6,8,12H,2,4,7H2,1H3. The molecule has 2 heterocycles. The second kappa shape index (κ2) is 4.53. The molecule has 14 heavy (non-hydrogen) atoms. The fraction of sp³-hybridized carbons (Fsp3) is 0.364. The van der Waals surface area contributed by atoms with Crippen molar-refractivity contribution in [1.29, 1.82) is 0 Å². The number of nitrogens with one attached hydrogen (secondary N) is 1. The van der Waals surface area contributed by atoms with Crippen LogP contribution >= 0.6 is 11.3 Å². The van der Waals surface area contributed by atoms with Crippen LogP contribution in [0.2, 0.25) is 0 Å². The minimum atomic E-state index is 0.925. The molecule has 3 heteroatoms. The third-order valence-corrected chi connectivity index (χ3v) is 2.97. The predicted octanol–water partition coefficient (Wildman–Crippen LogP) is 2.80. The molecule has 0 aliphatic heterocycles. The van der Waals surface area contributed by atoms with Crippen molar-refractivity contribution in [3.8, 4) is 0 Å². The molecule has 0 amide bonds. The lowest BCUT2D eigenvalue weighted by Gasteiger charge is -2.02. The van der Waals surface area contributed by atoms with Crippen LogP contribution in [0.4, 0.5) is 0 Å². The van der Waals surface area contributed by atoms with Crippen molar-refractivity contribution in [3.05, 3.63) is 29.3 Å². The quantitative estimate of drug-likeness (QED) is 0.778. The first kappa shape index (κ1) is 9.62. The van der Waals surface area contributed by atoms with Gasteiger partial charge in [-0.05, 0) is 36.0 Å². The third-order valence-electron chi connectivity index (χ3n) is 2.12. The lowest BCUT2D eigenvalue weighted by atomic mass is 10.2. The summed E-state index contributed by atoms with van der Waals surface area (Å²) in [6, 6.07) is 4.28. The highest BCUT2D eigenvalue weighted by atomic mass is 32.1. The molecule has 74 valence electrons. The summed E-state index contributed by atoms with van der Waals surface area (Å²) in [5.74, 6) is 0. The second-order valence-electron chi connectivity index (χ2n) is 3.32. The zero-order chi connectivity index (χ0) is 9.80. The van der Waals surface area contributed by atoms with E-state index in [9.17, 15) is 0 Å². The maximum atomic E-state index is 4.39. The van der Waals surface area contributed by atoms with Crippen molar-refractivity contribution >= 4 is 21.6 Å². The topological polar surface area (TPSA) is 24.9 Å². The van der Waals surface area contributed by atoms with E-state index in [1.807, 2.05) is 6.20 Å². The summed E-state index contributed by atoms with van der Waals surface area (Å²) in [4.78, 5) is 4.39. The Balaban J connectivity index is 2.10. The molecule has 1 N–H and O–H groups in total. The first-order valence-corrected chi connectivity index (χ1v) is 5.81. The Morgan fingerprint density at radius 3 is 3.29 bits per heavy atom. The van der Waals surface area contributed by atoms with Gasteiger partial charge in [0.15, 0.2) is 0 Å². The Morgan fingerprint density at radius 1 is 1.50 bits per heavy atom. The molecule has 2 aromatic heterocycles. The number of thiophene rings is 1. The number of hydrogen-bond donors (Lipinski definition) is 1. The molecule has 0 atom stereocenters. The Morgan fingerprint density at radius 2 is 2.43 bits per heavy atom. The fourth-order valence-corrected chi connectivity index (χ4v) is 2.20. The smallest absolute Gasteiger partial charge is 0.0809 e. The molecule has 0 radical (unpaired) electrons. The van der Waals surface area contributed by atoms with E-state index < -0.39 is 0 Å². The van der Waals surface area contributed by atoms with Crippen LogP contribution < -0.4 is 5.32 Å². The van der Waals surface area contributed by atoms with E-state index in [4.69, 9.17) is 0 Å². The highest BCUT2D eigenvalue weighted by molar-refractivity contribution is 7.17. The van der Waals surface area contributed by atoms with Crippen LogP contribution in [0.1, 0.15) is 18.9 Å². The molecule has 0 saturated carbocycles. The maximum absolute atomic E-state index is 4.39. The molecule has 2 rings (SSSR count). The monoisotopic (exact) mass is 206 g/mol. The van der Waals surface area contributed by atoms with Gasteiger partial charge in [0.2, 0.25) is 0 Å². The molecule has 0 aromatic carbocycles. The van der Waals surface area contributed by atoms with Crippen molar-refractivity contribution in [1.82, 2.24) is 10.3 Å². The Kier molecular flexibility index (Phi) is 3.11. The Bertz CT molecular complexity index is 408. The van der Waals surface area contributed by atoms with Gasteiger partial charge in [-0.1, -0.05) is 6.92 Å². The molecular formula is C11H14N2S. The van der Waals surface area contributed by atoms with Gasteiger partial charge in [0.05, 0.1) is 10.2 Å². The Labute approximate surface area is 88.0 Å². The summed E-state index contributed by atoms with van der Waals surface area (Å²) in [6.45, 7) is 4.17. The van der Waals surface area contributed by atoms with E-state index in [1.165, 1.54) is 16.7 Å². The number of pyridine rings is 1. The predicted molar refractivity (Wildman–Crippen MR) is 61.6 cm³/mol. The van der Waals surface area contributed by atoms with Gasteiger partial charge in [-0.3, -0.25) is 4.98 Å². The number of rotatable bonds is 4. The summed E-state index contributed by atoms with van der Waals surface area (Å²) in [7, 11) is 0. The van der Waals surface area contributed by atoms with Crippen LogP contribution in [0.15, 0.2) is 23.7 Å². The lowest BCUT2D eigenvalue weighted by Crippen LogP contribution is -2.13. The summed E-state index contributed by atoms with van der Waals surface area (Å²) >= 11 is 1.75. The van der Waals surface area contributed by atoms with Gasteiger partial charge in [0.1, 0.15) is 0 Å². The van der Waals surface area contributed by atoms with E-state index in [2.05, 4.69) is 34.7 Å². The third kappa shape index (κ3) is 2.11. The first-order chi connectivity index (χ1) is 6.90. The van der Waals surface area contributed by atoms with E-state index >= 15 is 0 Å². The van der Waals surface area contributed by atoms with Crippen molar-refractivity contribution in [2.24, 2.45) is 0 Å². The van der Waals surface area contributed by atoms with E-state index in [0.29, 0.717) is 0 Å². The number of hydrogen-bond acceptors (Lipinski definition) is 3.